The third-order valence-corrected chi connectivity index (χ3v) is 3.35. The summed E-state index contributed by atoms with van der Waals surface area (Å²) in [6.07, 6.45) is 0.416. The third kappa shape index (κ3) is 3.42. The molecule has 0 saturated carbocycles. The monoisotopic (exact) mass is 279 g/mol. The second-order valence-electron chi connectivity index (χ2n) is 4.86. The summed E-state index contributed by atoms with van der Waals surface area (Å²) in [6, 6.07) is 5.63. The SMILES string of the molecule is COC(C)C(=O)NC(C)c1ccc2c(c1)OCCCO2. The minimum absolute atomic E-state index is 0.114. The van der Waals surface area contributed by atoms with Gasteiger partial charge in [-0.3, -0.25) is 4.79 Å². The van der Waals surface area contributed by atoms with E-state index in [1.807, 2.05) is 25.1 Å². The number of carbonyl (C=O) groups is 1. The number of methoxy groups -OCH3 is 1. The maximum atomic E-state index is 11.8. The largest absolute Gasteiger partial charge is 0.490 e. The lowest BCUT2D eigenvalue weighted by Gasteiger charge is -2.18. The van der Waals surface area contributed by atoms with Gasteiger partial charge in [-0.15, -0.1) is 0 Å². The van der Waals surface area contributed by atoms with Gasteiger partial charge in [0, 0.05) is 13.5 Å². The van der Waals surface area contributed by atoms with Crippen molar-refractivity contribution in [3.05, 3.63) is 23.8 Å². The molecule has 0 bridgehead atoms. The van der Waals surface area contributed by atoms with Gasteiger partial charge in [0.1, 0.15) is 6.10 Å². The summed E-state index contributed by atoms with van der Waals surface area (Å²) in [5.74, 6) is 1.36. The standard InChI is InChI=1S/C15H21NO4/c1-10(16-15(17)11(2)18-3)12-5-6-13-14(9-12)20-8-4-7-19-13/h5-6,9-11H,4,7-8H2,1-3H3,(H,16,17). The average Bonchev–Trinajstić information content (AvgIpc) is 2.70. The van der Waals surface area contributed by atoms with Crippen LogP contribution in [0.1, 0.15) is 31.9 Å². The highest BCUT2D eigenvalue weighted by atomic mass is 16.5. The van der Waals surface area contributed by atoms with Gasteiger partial charge in [-0.25, -0.2) is 0 Å². The van der Waals surface area contributed by atoms with Crippen molar-refractivity contribution in [3.8, 4) is 11.5 Å². The number of nitrogens with one attached hydrogen (secondary N) is 1. The van der Waals surface area contributed by atoms with Gasteiger partial charge < -0.3 is 19.5 Å². The van der Waals surface area contributed by atoms with E-state index in [0.717, 1.165) is 23.5 Å². The van der Waals surface area contributed by atoms with Gasteiger partial charge in [0.25, 0.3) is 0 Å². The molecule has 2 rings (SSSR count). The average molecular weight is 279 g/mol. The van der Waals surface area contributed by atoms with Crippen LogP contribution in [0.2, 0.25) is 0 Å². The van der Waals surface area contributed by atoms with Crippen molar-refractivity contribution < 1.29 is 19.0 Å². The molecule has 1 aliphatic rings. The van der Waals surface area contributed by atoms with Crippen molar-refractivity contribution in [3.63, 3.8) is 0 Å². The number of carbonyl (C=O) groups excluding carboxylic acids is 1. The van der Waals surface area contributed by atoms with Gasteiger partial charge in [-0.05, 0) is 31.5 Å². The topological polar surface area (TPSA) is 56.8 Å². The van der Waals surface area contributed by atoms with E-state index in [9.17, 15) is 4.79 Å². The van der Waals surface area contributed by atoms with Crippen LogP contribution < -0.4 is 14.8 Å². The van der Waals surface area contributed by atoms with E-state index in [2.05, 4.69) is 5.32 Å². The number of hydrogen-bond acceptors (Lipinski definition) is 4. The number of hydrogen-bond donors (Lipinski definition) is 1. The molecular weight excluding hydrogens is 258 g/mol. The molecule has 5 nitrogen and oxygen atoms in total. The Morgan fingerprint density at radius 1 is 1.25 bits per heavy atom. The molecule has 1 aromatic carbocycles. The highest BCUT2D eigenvalue weighted by Crippen LogP contribution is 2.32. The molecular formula is C15H21NO4. The fraction of sp³-hybridized carbons (Fsp3) is 0.533. The second-order valence-corrected chi connectivity index (χ2v) is 4.86. The molecule has 0 spiro atoms. The minimum atomic E-state index is -0.460. The second kappa shape index (κ2) is 6.61. The molecule has 1 aromatic rings. The van der Waals surface area contributed by atoms with Crippen molar-refractivity contribution in [1.29, 1.82) is 0 Å². The van der Waals surface area contributed by atoms with Crippen LogP contribution >= 0.6 is 0 Å². The third-order valence-electron chi connectivity index (χ3n) is 3.35. The maximum Gasteiger partial charge on any atom is 0.249 e. The van der Waals surface area contributed by atoms with Crippen LogP contribution in [0.5, 0.6) is 11.5 Å². The highest BCUT2D eigenvalue weighted by molar-refractivity contribution is 5.80. The van der Waals surface area contributed by atoms with Crippen LogP contribution in [0, 0.1) is 0 Å². The fourth-order valence-corrected chi connectivity index (χ4v) is 1.97. The lowest BCUT2D eigenvalue weighted by atomic mass is 10.1. The van der Waals surface area contributed by atoms with E-state index < -0.39 is 6.10 Å². The van der Waals surface area contributed by atoms with Crippen LogP contribution in [0.25, 0.3) is 0 Å². The molecule has 0 aromatic heterocycles. The fourth-order valence-electron chi connectivity index (χ4n) is 1.97. The van der Waals surface area contributed by atoms with E-state index in [1.54, 1.807) is 6.92 Å². The first-order chi connectivity index (χ1) is 9.61. The Bertz CT molecular complexity index is 475. The zero-order chi connectivity index (χ0) is 14.5. The molecule has 1 amide bonds. The molecule has 20 heavy (non-hydrogen) atoms. The highest BCUT2D eigenvalue weighted by Gasteiger charge is 2.17. The van der Waals surface area contributed by atoms with E-state index >= 15 is 0 Å². The summed E-state index contributed by atoms with van der Waals surface area (Å²) in [6.45, 7) is 4.97. The van der Waals surface area contributed by atoms with Crippen LogP contribution in [0.4, 0.5) is 0 Å². The first-order valence-corrected chi connectivity index (χ1v) is 6.84. The summed E-state index contributed by atoms with van der Waals surface area (Å²) in [4.78, 5) is 11.8. The number of benzene rings is 1. The molecule has 0 aliphatic carbocycles. The van der Waals surface area contributed by atoms with E-state index in [1.165, 1.54) is 7.11 Å². The van der Waals surface area contributed by atoms with Crippen molar-refractivity contribution in [2.75, 3.05) is 20.3 Å². The van der Waals surface area contributed by atoms with Gasteiger partial charge >= 0.3 is 0 Å². The zero-order valence-electron chi connectivity index (χ0n) is 12.1. The molecule has 2 atom stereocenters. The molecule has 0 saturated heterocycles. The van der Waals surface area contributed by atoms with Gasteiger partial charge in [-0.2, -0.15) is 0 Å². The Hall–Kier alpha value is -1.75. The Morgan fingerprint density at radius 2 is 1.95 bits per heavy atom. The molecule has 1 N–H and O–H groups in total. The number of amides is 1. The molecule has 2 unspecified atom stereocenters. The summed E-state index contributed by atoms with van der Waals surface area (Å²) in [5.41, 5.74) is 0.978. The van der Waals surface area contributed by atoms with Crippen LogP contribution in [-0.2, 0) is 9.53 Å². The van der Waals surface area contributed by atoms with Crippen LogP contribution in [-0.4, -0.2) is 32.3 Å². The molecule has 110 valence electrons. The lowest BCUT2D eigenvalue weighted by molar-refractivity contribution is -0.130. The van der Waals surface area contributed by atoms with Crippen molar-refractivity contribution in [2.45, 2.75) is 32.4 Å². The van der Waals surface area contributed by atoms with Crippen molar-refractivity contribution in [1.82, 2.24) is 5.32 Å². The van der Waals surface area contributed by atoms with Gasteiger partial charge in [0.15, 0.2) is 11.5 Å². The Labute approximate surface area is 119 Å². The Kier molecular flexibility index (Phi) is 4.84. The number of ether oxygens (including phenoxy) is 3. The first kappa shape index (κ1) is 14.7. The molecule has 1 heterocycles. The first-order valence-electron chi connectivity index (χ1n) is 6.84. The normalized spacial score (nSPS) is 16.9. The lowest BCUT2D eigenvalue weighted by Crippen LogP contribution is -2.35. The molecule has 1 aliphatic heterocycles. The zero-order valence-corrected chi connectivity index (χ0v) is 12.1. The Balaban J connectivity index is 2.08. The smallest absolute Gasteiger partial charge is 0.249 e. The van der Waals surface area contributed by atoms with Crippen LogP contribution in [0.3, 0.4) is 0 Å². The van der Waals surface area contributed by atoms with E-state index in [4.69, 9.17) is 14.2 Å². The van der Waals surface area contributed by atoms with Gasteiger partial charge in [0.2, 0.25) is 5.91 Å². The van der Waals surface area contributed by atoms with E-state index in [0.29, 0.717) is 13.2 Å². The molecule has 5 heteroatoms. The predicted molar refractivity (Wildman–Crippen MR) is 75.1 cm³/mol. The van der Waals surface area contributed by atoms with E-state index in [-0.39, 0.29) is 11.9 Å². The van der Waals surface area contributed by atoms with Crippen molar-refractivity contribution >= 4 is 5.91 Å². The van der Waals surface area contributed by atoms with Crippen LogP contribution in [0.15, 0.2) is 18.2 Å². The summed E-state index contributed by atoms with van der Waals surface area (Å²) < 4.78 is 16.2. The molecule has 0 fully saturated rings. The summed E-state index contributed by atoms with van der Waals surface area (Å²) in [7, 11) is 1.52. The van der Waals surface area contributed by atoms with Gasteiger partial charge in [-0.1, -0.05) is 6.07 Å². The molecule has 0 radical (unpaired) electrons. The van der Waals surface area contributed by atoms with Gasteiger partial charge in [0.05, 0.1) is 19.3 Å². The predicted octanol–water partition coefficient (Wildman–Crippen LogP) is 2.06. The number of rotatable bonds is 4. The quantitative estimate of drug-likeness (QED) is 0.916. The maximum absolute atomic E-state index is 11.8. The Morgan fingerprint density at radius 3 is 2.65 bits per heavy atom. The number of fused-ring (bicyclic) bond motifs is 1. The summed E-state index contributed by atoms with van der Waals surface area (Å²) in [5, 5.41) is 2.91. The minimum Gasteiger partial charge on any atom is -0.490 e. The summed E-state index contributed by atoms with van der Waals surface area (Å²) >= 11 is 0. The van der Waals surface area contributed by atoms with Crippen molar-refractivity contribution in [2.24, 2.45) is 0 Å².